The van der Waals surface area contributed by atoms with Gasteiger partial charge in [-0.2, -0.15) is 0 Å². The van der Waals surface area contributed by atoms with Crippen LogP contribution in [0.3, 0.4) is 0 Å². The summed E-state index contributed by atoms with van der Waals surface area (Å²) in [6, 6.07) is 0.195. The molecule has 1 saturated heterocycles. The van der Waals surface area contributed by atoms with Crippen LogP contribution < -0.4 is 5.32 Å². The molecule has 0 spiro atoms. The Morgan fingerprint density at radius 2 is 2.53 bits per heavy atom. The highest BCUT2D eigenvalue weighted by molar-refractivity contribution is 5.04. The molecule has 2 rings (SSSR count). The molecule has 1 fully saturated rings. The third-order valence-electron chi connectivity index (χ3n) is 3.18. The summed E-state index contributed by atoms with van der Waals surface area (Å²) >= 11 is 0. The molecule has 1 aromatic heterocycles. The number of hydrogen-bond acceptors (Lipinski definition) is 4. The van der Waals surface area contributed by atoms with E-state index in [0.29, 0.717) is 13.0 Å². The first-order valence-corrected chi connectivity index (χ1v) is 6.18. The minimum absolute atomic E-state index is 0.195. The Kier molecular flexibility index (Phi) is 3.81. The molecule has 0 bridgehead atoms. The van der Waals surface area contributed by atoms with E-state index in [0.717, 1.165) is 25.5 Å². The van der Waals surface area contributed by atoms with Gasteiger partial charge in [-0.1, -0.05) is 0 Å². The molecular formula is C12H21N3O2. The van der Waals surface area contributed by atoms with Gasteiger partial charge in [0.15, 0.2) is 0 Å². The van der Waals surface area contributed by atoms with Crippen LogP contribution in [-0.4, -0.2) is 40.5 Å². The van der Waals surface area contributed by atoms with Gasteiger partial charge in [0.1, 0.15) is 11.4 Å². The number of nitrogens with one attached hydrogen (secondary N) is 1. The van der Waals surface area contributed by atoms with E-state index >= 15 is 0 Å². The third-order valence-corrected chi connectivity index (χ3v) is 3.18. The van der Waals surface area contributed by atoms with Crippen molar-refractivity contribution in [3.05, 3.63) is 18.2 Å². The first kappa shape index (κ1) is 12.5. The normalized spacial score (nSPS) is 24.5. The molecule has 0 aromatic carbocycles. The molecule has 0 amide bonds. The van der Waals surface area contributed by atoms with Gasteiger partial charge in [-0.3, -0.25) is 0 Å². The van der Waals surface area contributed by atoms with Crippen LogP contribution in [0.1, 0.15) is 26.1 Å². The lowest BCUT2D eigenvalue weighted by Crippen LogP contribution is -2.45. The number of imidazole rings is 1. The second kappa shape index (κ2) is 5.16. The quantitative estimate of drug-likeness (QED) is 0.803. The van der Waals surface area contributed by atoms with E-state index in [2.05, 4.69) is 10.3 Å². The van der Waals surface area contributed by atoms with Crippen LogP contribution in [0.4, 0.5) is 0 Å². The summed E-state index contributed by atoms with van der Waals surface area (Å²) in [6.45, 7) is 6.94. The standard InChI is InChI=1S/C12H21N3O2/c1-3-15-6-4-14-11(15)12(2,16)8-10-9-17-7-5-13-10/h4,6,10,13,16H,3,5,7-9H2,1-2H3. The molecule has 96 valence electrons. The Morgan fingerprint density at radius 3 is 3.18 bits per heavy atom. The van der Waals surface area contributed by atoms with Crippen LogP contribution in [0.15, 0.2) is 12.4 Å². The summed E-state index contributed by atoms with van der Waals surface area (Å²) < 4.78 is 7.38. The van der Waals surface area contributed by atoms with Crippen LogP contribution in [0.2, 0.25) is 0 Å². The Balaban J connectivity index is 2.06. The van der Waals surface area contributed by atoms with Crippen molar-refractivity contribution in [2.75, 3.05) is 19.8 Å². The smallest absolute Gasteiger partial charge is 0.140 e. The number of hydrogen-bond donors (Lipinski definition) is 2. The molecule has 1 aliphatic rings. The minimum Gasteiger partial charge on any atom is -0.382 e. The van der Waals surface area contributed by atoms with Crippen molar-refractivity contribution in [2.45, 2.75) is 38.5 Å². The van der Waals surface area contributed by atoms with Gasteiger partial charge in [-0.05, 0) is 13.8 Å². The number of aliphatic hydroxyl groups is 1. The summed E-state index contributed by atoms with van der Waals surface area (Å²) in [6.07, 6.45) is 4.25. The number of ether oxygens (including phenoxy) is 1. The number of morpholine rings is 1. The molecule has 2 unspecified atom stereocenters. The van der Waals surface area contributed by atoms with E-state index in [9.17, 15) is 5.11 Å². The van der Waals surface area contributed by atoms with Crippen molar-refractivity contribution in [1.82, 2.24) is 14.9 Å². The lowest BCUT2D eigenvalue weighted by atomic mass is 9.95. The number of aryl methyl sites for hydroxylation is 1. The molecule has 5 nitrogen and oxygen atoms in total. The van der Waals surface area contributed by atoms with Crippen molar-refractivity contribution >= 4 is 0 Å². The fraction of sp³-hybridized carbons (Fsp3) is 0.750. The Bertz CT molecular complexity index is 356. The second-order valence-corrected chi connectivity index (χ2v) is 4.74. The van der Waals surface area contributed by atoms with E-state index in [-0.39, 0.29) is 6.04 Å². The summed E-state index contributed by atoms with van der Waals surface area (Å²) in [5.41, 5.74) is -0.919. The van der Waals surface area contributed by atoms with Crippen LogP contribution >= 0.6 is 0 Å². The van der Waals surface area contributed by atoms with Gasteiger partial charge in [0.25, 0.3) is 0 Å². The molecule has 2 N–H and O–H groups in total. The zero-order valence-electron chi connectivity index (χ0n) is 10.5. The predicted molar refractivity (Wildman–Crippen MR) is 64.7 cm³/mol. The Morgan fingerprint density at radius 1 is 1.71 bits per heavy atom. The highest BCUT2D eigenvalue weighted by Gasteiger charge is 2.32. The highest BCUT2D eigenvalue weighted by Crippen LogP contribution is 2.25. The van der Waals surface area contributed by atoms with Crippen molar-refractivity contribution in [1.29, 1.82) is 0 Å². The maximum atomic E-state index is 10.6. The van der Waals surface area contributed by atoms with Crippen LogP contribution in [0, 0.1) is 0 Å². The number of rotatable bonds is 4. The van der Waals surface area contributed by atoms with Crippen LogP contribution in [-0.2, 0) is 16.9 Å². The molecule has 0 saturated carbocycles. The molecule has 5 heteroatoms. The van der Waals surface area contributed by atoms with Gasteiger partial charge in [0, 0.05) is 37.9 Å². The average Bonchev–Trinajstić information content (AvgIpc) is 2.78. The van der Waals surface area contributed by atoms with Gasteiger partial charge < -0.3 is 19.7 Å². The third kappa shape index (κ3) is 2.86. The summed E-state index contributed by atoms with van der Waals surface area (Å²) in [5.74, 6) is 0.729. The van der Waals surface area contributed by atoms with Crippen molar-refractivity contribution in [3.8, 4) is 0 Å². The molecule has 1 aromatic rings. The van der Waals surface area contributed by atoms with Gasteiger partial charge in [0.05, 0.1) is 13.2 Å². The summed E-state index contributed by atoms with van der Waals surface area (Å²) in [4.78, 5) is 4.27. The SMILES string of the molecule is CCn1ccnc1C(C)(O)CC1COCCN1. The number of nitrogens with zero attached hydrogens (tertiary/aromatic N) is 2. The predicted octanol–water partition coefficient (Wildman–Crippen LogP) is 0.489. The monoisotopic (exact) mass is 239 g/mol. The largest absolute Gasteiger partial charge is 0.382 e. The summed E-state index contributed by atoms with van der Waals surface area (Å²) in [7, 11) is 0. The van der Waals surface area contributed by atoms with E-state index in [1.165, 1.54) is 0 Å². The molecule has 2 atom stereocenters. The molecule has 17 heavy (non-hydrogen) atoms. The average molecular weight is 239 g/mol. The molecule has 1 aliphatic heterocycles. The minimum atomic E-state index is -0.919. The topological polar surface area (TPSA) is 59.3 Å². The highest BCUT2D eigenvalue weighted by atomic mass is 16.5. The fourth-order valence-electron chi connectivity index (χ4n) is 2.35. The second-order valence-electron chi connectivity index (χ2n) is 4.74. The van der Waals surface area contributed by atoms with E-state index in [4.69, 9.17) is 4.74 Å². The van der Waals surface area contributed by atoms with Crippen molar-refractivity contribution < 1.29 is 9.84 Å². The van der Waals surface area contributed by atoms with Crippen LogP contribution in [0.5, 0.6) is 0 Å². The lowest BCUT2D eigenvalue weighted by molar-refractivity contribution is -0.00454. The fourth-order valence-corrected chi connectivity index (χ4v) is 2.35. The molecular weight excluding hydrogens is 218 g/mol. The lowest BCUT2D eigenvalue weighted by Gasteiger charge is -2.31. The Labute approximate surface area is 102 Å². The van der Waals surface area contributed by atoms with E-state index < -0.39 is 5.60 Å². The summed E-state index contributed by atoms with van der Waals surface area (Å²) in [5, 5.41) is 13.9. The van der Waals surface area contributed by atoms with Gasteiger partial charge in [-0.15, -0.1) is 0 Å². The molecule has 2 heterocycles. The van der Waals surface area contributed by atoms with Crippen LogP contribution in [0.25, 0.3) is 0 Å². The van der Waals surface area contributed by atoms with Gasteiger partial charge in [-0.25, -0.2) is 4.98 Å². The maximum Gasteiger partial charge on any atom is 0.140 e. The molecule has 0 radical (unpaired) electrons. The zero-order valence-corrected chi connectivity index (χ0v) is 10.5. The van der Waals surface area contributed by atoms with E-state index in [1.54, 1.807) is 6.20 Å². The first-order chi connectivity index (χ1) is 8.13. The number of aromatic nitrogens is 2. The van der Waals surface area contributed by atoms with Crippen molar-refractivity contribution in [2.24, 2.45) is 0 Å². The van der Waals surface area contributed by atoms with E-state index in [1.807, 2.05) is 24.6 Å². The first-order valence-electron chi connectivity index (χ1n) is 6.18. The van der Waals surface area contributed by atoms with Gasteiger partial charge in [0.2, 0.25) is 0 Å². The molecule has 0 aliphatic carbocycles. The zero-order chi connectivity index (χ0) is 12.3. The maximum absolute atomic E-state index is 10.6. The Hall–Kier alpha value is -0.910. The van der Waals surface area contributed by atoms with Gasteiger partial charge >= 0.3 is 0 Å². The van der Waals surface area contributed by atoms with Crippen molar-refractivity contribution in [3.63, 3.8) is 0 Å².